The van der Waals surface area contributed by atoms with Gasteiger partial charge in [0.15, 0.2) is 0 Å². The maximum atomic E-state index is 13.6. The number of amides is 1. The van der Waals surface area contributed by atoms with Crippen LogP contribution < -0.4 is 4.74 Å². The Morgan fingerprint density at radius 3 is 2.47 bits per heavy atom. The van der Waals surface area contributed by atoms with Crippen molar-refractivity contribution < 1.29 is 43.2 Å². The molecule has 1 amide bonds. The maximum absolute atomic E-state index is 13.6. The number of aryl methyl sites for hydroxylation is 3. The lowest BCUT2D eigenvalue weighted by Crippen LogP contribution is -2.63. The maximum Gasteiger partial charge on any atom is 0.355 e. The van der Waals surface area contributed by atoms with Gasteiger partial charge in [0.25, 0.3) is 0 Å². The lowest BCUT2D eigenvalue weighted by molar-refractivity contribution is -0.271. The number of carbonyl (C=O) groups excluding carboxylic acids is 4. The predicted octanol–water partition coefficient (Wildman–Crippen LogP) is 5.92. The van der Waals surface area contributed by atoms with Crippen LogP contribution >= 0.6 is 0 Å². The van der Waals surface area contributed by atoms with Crippen LogP contribution in [0.4, 0.5) is 0 Å². The molecule has 1 aliphatic carbocycles. The van der Waals surface area contributed by atoms with Crippen LogP contribution in [0.5, 0.6) is 5.75 Å². The van der Waals surface area contributed by atoms with Crippen LogP contribution in [-0.4, -0.2) is 66.3 Å². The molecule has 2 aliphatic heterocycles. The molecule has 4 atom stereocenters. The third kappa shape index (κ3) is 7.21. The van der Waals surface area contributed by atoms with E-state index in [-0.39, 0.29) is 37.3 Å². The average molecular weight is 721 g/mol. The second kappa shape index (κ2) is 15.9. The number of benzene rings is 2. The molecule has 1 saturated heterocycles. The van der Waals surface area contributed by atoms with Crippen LogP contribution in [0.3, 0.4) is 0 Å². The summed E-state index contributed by atoms with van der Waals surface area (Å²) in [6.45, 7) is 10.6. The molecule has 3 aromatic rings. The molecule has 11 nitrogen and oxygen atoms in total. The number of aromatic nitrogens is 1. The summed E-state index contributed by atoms with van der Waals surface area (Å²) in [5.41, 5.74) is 7.26. The SMILES string of the molecule is C=CCOOC(=O)C(C)C1C(=O)N2C(C(=O)OCC=C)=C(COc3cccc4c3-c3ccc(CCCc5ccn(C)c5)cc3/C4=C/C(=O)OC)[C@H](C)C12. The van der Waals surface area contributed by atoms with Gasteiger partial charge in [-0.05, 0) is 64.8 Å². The van der Waals surface area contributed by atoms with Gasteiger partial charge in [-0.1, -0.05) is 62.9 Å². The molecule has 3 unspecified atom stereocenters. The molecular weight excluding hydrogens is 676 g/mol. The Morgan fingerprint density at radius 2 is 1.75 bits per heavy atom. The van der Waals surface area contributed by atoms with Crippen molar-refractivity contribution in [2.24, 2.45) is 24.8 Å². The van der Waals surface area contributed by atoms with Crippen LogP contribution in [0.25, 0.3) is 16.7 Å². The Morgan fingerprint density at radius 1 is 0.981 bits per heavy atom. The summed E-state index contributed by atoms with van der Waals surface area (Å²) in [7, 11) is 3.36. The van der Waals surface area contributed by atoms with Crippen molar-refractivity contribution in [3.8, 4) is 16.9 Å². The van der Waals surface area contributed by atoms with Gasteiger partial charge in [-0.15, -0.1) is 6.58 Å². The normalized spacial score (nSPS) is 19.5. The number of β-lactam (4-membered cyclic amide) rings is 1. The van der Waals surface area contributed by atoms with Crippen molar-refractivity contribution in [3.05, 3.63) is 120 Å². The van der Waals surface area contributed by atoms with Crippen LogP contribution in [-0.2, 0) is 58.3 Å². The molecule has 3 aliphatic rings. The van der Waals surface area contributed by atoms with Crippen molar-refractivity contribution in [1.82, 2.24) is 9.47 Å². The predicted molar refractivity (Wildman–Crippen MR) is 197 cm³/mol. The second-order valence-corrected chi connectivity index (χ2v) is 13.5. The molecule has 6 rings (SSSR count). The molecule has 0 bridgehead atoms. The monoisotopic (exact) mass is 720 g/mol. The van der Waals surface area contributed by atoms with E-state index in [2.05, 4.69) is 43.6 Å². The van der Waals surface area contributed by atoms with Crippen molar-refractivity contribution in [1.29, 1.82) is 0 Å². The van der Waals surface area contributed by atoms with Gasteiger partial charge in [-0.3, -0.25) is 9.68 Å². The van der Waals surface area contributed by atoms with E-state index in [1.165, 1.54) is 35.8 Å². The first-order valence-corrected chi connectivity index (χ1v) is 17.7. The highest BCUT2D eigenvalue weighted by Crippen LogP contribution is 2.51. The Hall–Kier alpha value is -5.68. The summed E-state index contributed by atoms with van der Waals surface area (Å²) in [6, 6.07) is 13.6. The molecule has 0 saturated carbocycles. The molecule has 0 radical (unpaired) electrons. The first-order valence-electron chi connectivity index (χ1n) is 17.7. The van der Waals surface area contributed by atoms with Crippen molar-refractivity contribution in [2.45, 2.75) is 39.2 Å². The quantitative estimate of drug-likeness (QED) is 0.0264. The van der Waals surface area contributed by atoms with Crippen LogP contribution in [0.1, 0.15) is 42.5 Å². The molecule has 1 aromatic heterocycles. The van der Waals surface area contributed by atoms with E-state index in [0.717, 1.165) is 52.7 Å². The highest BCUT2D eigenvalue weighted by atomic mass is 17.2. The summed E-state index contributed by atoms with van der Waals surface area (Å²) in [4.78, 5) is 63.6. The van der Waals surface area contributed by atoms with Crippen LogP contribution in [0, 0.1) is 17.8 Å². The van der Waals surface area contributed by atoms with Crippen molar-refractivity contribution in [3.63, 3.8) is 0 Å². The zero-order valence-corrected chi connectivity index (χ0v) is 30.5. The zero-order valence-electron chi connectivity index (χ0n) is 30.5. The second-order valence-electron chi connectivity index (χ2n) is 13.5. The Balaban J connectivity index is 1.28. The summed E-state index contributed by atoms with van der Waals surface area (Å²) in [5.74, 6) is -3.62. The number of ether oxygens (including phenoxy) is 3. The topological polar surface area (TPSA) is 123 Å². The summed E-state index contributed by atoms with van der Waals surface area (Å²) >= 11 is 0. The van der Waals surface area contributed by atoms with Crippen molar-refractivity contribution >= 4 is 29.4 Å². The van der Waals surface area contributed by atoms with E-state index in [1.54, 1.807) is 6.92 Å². The van der Waals surface area contributed by atoms with E-state index >= 15 is 0 Å². The summed E-state index contributed by atoms with van der Waals surface area (Å²) in [5, 5.41) is 0. The number of hydrogen-bond acceptors (Lipinski definition) is 9. The zero-order chi connectivity index (χ0) is 37.8. The largest absolute Gasteiger partial charge is 0.488 e. The molecular formula is C42H44N2O9. The number of nitrogens with zero attached hydrogens (tertiary/aromatic N) is 2. The van der Waals surface area contributed by atoms with Gasteiger partial charge in [0.1, 0.15) is 31.3 Å². The summed E-state index contributed by atoms with van der Waals surface area (Å²) < 4.78 is 19.1. The molecule has 3 heterocycles. The van der Waals surface area contributed by atoms with Gasteiger partial charge in [0, 0.05) is 42.6 Å². The Labute approximate surface area is 309 Å². The molecule has 0 spiro atoms. The Kier molecular flexibility index (Phi) is 11.1. The lowest BCUT2D eigenvalue weighted by Gasteiger charge is -2.47. The van der Waals surface area contributed by atoms with Gasteiger partial charge >= 0.3 is 17.9 Å². The minimum Gasteiger partial charge on any atom is -0.488 e. The lowest BCUT2D eigenvalue weighted by atomic mass is 9.74. The Bertz CT molecular complexity index is 2020. The van der Waals surface area contributed by atoms with E-state index in [4.69, 9.17) is 24.0 Å². The smallest absolute Gasteiger partial charge is 0.355 e. The minimum atomic E-state index is -0.834. The van der Waals surface area contributed by atoms with E-state index < -0.39 is 35.8 Å². The highest BCUT2D eigenvalue weighted by Gasteiger charge is 2.61. The molecule has 2 aromatic carbocycles. The molecule has 53 heavy (non-hydrogen) atoms. The minimum absolute atomic E-state index is 0.00885. The fourth-order valence-corrected chi connectivity index (χ4v) is 7.59. The molecule has 0 N–H and O–H groups in total. The first kappa shape index (κ1) is 37.1. The standard InChI is InChI=1S/C42H44N2O9/c1-7-19-50-42(48)39-33(25(3)38-36(40(46)44(38)39)26(4)41(47)53-52-20-8-2)24-51-34-14-10-13-29-32(22-35(45)49-6)31-21-27(15-16-30(31)37(29)34)11-9-12-28-17-18-43(5)23-28/h7-8,10,13-18,21-23,25-26,36,38H,1-2,9,11-12,19-20,24H2,3-6H3/b32-22+/t25-,26?,36?,38?/m0/s1. The number of hydrogen-bond donors (Lipinski definition) is 0. The molecule has 11 heteroatoms. The average Bonchev–Trinajstić information content (AvgIpc) is 3.79. The van der Waals surface area contributed by atoms with E-state index in [9.17, 15) is 19.2 Å². The van der Waals surface area contributed by atoms with Gasteiger partial charge in [-0.2, -0.15) is 4.89 Å². The number of methoxy groups -OCH3 is 1. The third-order valence-corrected chi connectivity index (χ3v) is 10.2. The van der Waals surface area contributed by atoms with Gasteiger partial charge in [0.2, 0.25) is 5.91 Å². The third-order valence-electron chi connectivity index (χ3n) is 10.2. The van der Waals surface area contributed by atoms with Crippen LogP contribution in [0.15, 0.2) is 97.5 Å². The number of esters is 2. The van der Waals surface area contributed by atoms with Crippen molar-refractivity contribution in [2.75, 3.05) is 26.9 Å². The molecule has 1 fully saturated rings. The van der Waals surface area contributed by atoms with Gasteiger partial charge in [-0.25, -0.2) is 14.4 Å². The summed E-state index contributed by atoms with van der Waals surface area (Å²) in [6.07, 6.45) is 11.3. The number of rotatable bonds is 16. The number of carbonyl (C=O) groups is 4. The fourth-order valence-electron chi connectivity index (χ4n) is 7.59. The highest BCUT2D eigenvalue weighted by molar-refractivity contribution is 6.08. The molecule has 276 valence electrons. The van der Waals surface area contributed by atoms with E-state index in [0.29, 0.717) is 11.3 Å². The number of fused-ring (bicyclic) bond motifs is 4. The fraction of sp³-hybridized carbons (Fsp3) is 0.333. The van der Waals surface area contributed by atoms with E-state index in [1.807, 2.05) is 42.9 Å². The first-order chi connectivity index (χ1) is 25.6. The van der Waals surface area contributed by atoms with Gasteiger partial charge < -0.3 is 23.7 Å². The van der Waals surface area contributed by atoms with Gasteiger partial charge in [0.05, 0.1) is 25.0 Å². The van der Waals surface area contributed by atoms with Crippen LogP contribution in [0.2, 0.25) is 0 Å².